The van der Waals surface area contributed by atoms with Crippen molar-refractivity contribution in [2.24, 2.45) is 35.0 Å². The summed E-state index contributed by atoms with van der Waals surface area (Å²) >= 11 is 0. The lowest BCUT2D eigenvalue weighted by Gasteiger charge is -2.56. The molecule has 0 unspecified atom stereocenters. The van der Waals surface area contributed by atoms with Gasteiger partial charge in [0.1, 0.15) is 17.3 Å². The number of fused-ring (bicyclic) bond motifs is 3. The molecule has 3 fully saturated rings. The number of rotatable bonds is 3. The van der Waals surface area contributed by atoms with Gasteiger partial charge in [-0.2, -0.15) is 0 Å². The van der Waals surface area contributed by atoms with E-state index in [2.05, 4.69) is 41.5 Å². The van der Waals surface area contributed by atoms with Crippen LogP contribution in [0.1, 0.15) is 89.5 Å². The SMILES string of the molecule is CCCC=C1OC(=O)C2=C1CC[C@@H]1[C@@H]2[C@]23CC[C@H]1C1=C2C(=O)OC3=CC[C@H](C2CCCCC2)CSSCNc2cc(ccn2)C1. The standard InChI is InChI=1S/C37H44N2O4S2/c1-2-3-9-29-27-12-11-26-25-14-16-37(33(26)32(27)35(40)42-29)30-13-10-24(23-7-5-4-6-8-23)20-44-45-21-39-31-19-22(15-17-38-31)18-28(25)34(37)36(41)43-30/h9,13,15,17,19,23-26,33H,2-8,10-12,14,16,18,20-21H2,1H3,(H,38,39)/t24-,25+,26-,33-,37+/m0/s1. The third-order valence-electron chi connectivity index (χ3n) is 11.9. The molecular weight excluding hydrogens is 601 g/mol. The number of cyclic esters (lactones) is 1. The van der Waals surface area contributed by atoms with Crippen molar-refractivity contribution in [3.05, 3.63) is 69.9 Å². The first kappa shape index (κ1) is 29.9. The Hall–Kier alpha value is -2.45. The summed E-state index contributed by atoms with van der Waals surface area (Å²) in [5.74, 6) is 5.73. The van der Waals surface area contributed by atoms with E-state index in [0.717, 1.165) is 97.1 Å². The van der Waals surface area contributed by atoms with Crippen molar-refractivity contribution in [2.45, 2.75) is 90.4 Å². The average Bonchev–Trinajstić information content (AvgIpc) is 3.55. The number of ether oxygens (including phenoxy) is 2. The minimum absolute atomic E-state index is 0.0666. The van der Waals surface area contributed by atoms with E-state index in [4.69, 9.17) is 9.47 Å². The first-order valence-electron chi connectivity index (χ1n) is 17.3. The number of hydrogen-bond donors (Lipinski definition) is 1. The Morgan fingerprint density at radius 1 is 1.07 bits per heavy atom. The van der Waals surface area contributed by atoms with Crippen LogP contribution in [0, 0.1) is 35.0 Å². The third-order valence-corrected chi connectivity index (χ3v) is 14.2. The monoisotopic (exact) mass is 644 g/mol. The maximum Gasteiger partial charge on any atom is 0.340 e. The summed E-state index contributed by atoms with van der Waals surface area (Å²) in [7, 11) is 3.82. The fourth-order valence-corrected chi connectivity index (χ4v) is 12.2. The van der Waals surface area contributed by atoms with E-state index in [1.54, 1.807) is 0 Å². The second kappa shape index (κ2) is 12.3. The van der Waals surface area contributed by atoms with E-state index >= 15 is 0 Å². The minimum Gasteiger partial charge on any atom is -0.427 e. The highest BCUT2D eigenvalue weighted by molar-refractivity contribution is 8.76. The van der Waals surface area contributed by atoms with Gasteiger partial charge in [-0.05, 0) is 98.5 Å². The molecule has 9 rings (SSSR count). The summed E-state index contributed by atoms with van der Waals surface area (Å²) < 4.78 is 12.4. The summed E-state index contributed by atoms with van der Waals surface area (Å²) in [5.41, 5.74) is 4.62. The summed E-state index contributed by atoms with van der Waals surface area (Å²) in [6.07, 6.45) is 20.1. The molecule has 6 nitrogen and oxygen atoms in total. The minimum atomic E-state index is -0.587. The maximum absolute atomic E-state index is 14.2. The number of anilines is 1. The van der Waals surface area contributed by atoms with Crippen LogP contribution < -0.4 is 5.32 Å². The molecule has 1 aromatic rings. The van der Waals surface area contributed by atoms with Crippen LogP contribution in [0.25, 0.3) is 0 Å². The van der Waals surface area contributed by atoms with Crippen LogP contribution in [0.5, 0.6) is 0 Å². The average molecular weight is 645 g/mol. The zero-order valence-electron chi connectivity index (χ0n) is 26.3. The van der Waals surface area contributed by atoms with Crippen LogP contribution in [0.2, 0.25) is 0 Å². The third kappa shape index (κ3) is 5.04. The van der Waals surface area contributed by atoms with Crippen molar-refractivity contribution in [1.82, 2.24) is 4.98 Å². The quantitative estimate of drug-likeness (QED) is 0.259. The topological polar surface area (TPSA) is 77.5 Å². The first-order chi connectivity index (χ1) is 22.1. The molecule has 5 atom stereocenters. The van der Waals surface area contributed by atoms with E-state index in [9.17, 15) is 9.59 Å². The number of nitrogens with one attached hydrogen (secondary N) is 1. The molecular formula is C37H44N2O4S2. The largest absolute Gasteiger partial charge is 0.427 e. The number of unbranched alkanes of at least 4 members (excludes halogenated alkanes) is 1. The lowest BCUT2D eigenvalue weighted by molar-refractivity contribution is -0.135. The Morgan fingerprint density at radius 2 is 1.96 bits per heavy atom. The van der Waals surface area contributed by atoms with Crippen LogP contribution in [-0.2, 0) is 25.5 Å². The van der Waals surface area contributed by atoms with Gasteiger partial charge in [-0.3, -0.25) is 0 Å². The molecule has 1 aromatic heterocycles. The van der Waals surface area contributed by atoms with E-state index < -0.39 is 5.41 Å². The van der Waals surface area contributed by atoms with Crippen LogP contribution in [0.3, 0.4) is 0 Å². The van der Waals surface area contributed by atoms with Gasteiger partial charge in [-0.25, -0.2) is 14.6 Å². The van der Waals surface area contributed by atoms with Gasteiger partial charge in [-0.15, -0.1) is 0 Å². The maximum atomic E-state index is 14.2. The van der Waals surface area contributed by atoms with Gasteiger partial charge in [-0.1, -0.05) is 72.6 Å². The number of nitrogens with zero attached hydrogens (tertiary/aromatic N) is 1. The highest BCUT2D eigenvalue weighted by Gasteiger charge is 2.68. The van der Waals surface area contributed by atoms with Crippen molar-refractivity contribution >= 4 is 39.3 Å². The van der Waals surface area contributed by atoms with Gasteiger partial charge in [0, 0.05) is 29.0 Å². The Kier molecular flexibility index (Phi) is 8.17. The van der Waals surface area contributed by atoms with Gasteiger partial charge in [0.15, 0.2) is 0 Å². The zero-order valence-corrected chi connectivity index (χ0v) is 27.9. The summed E-state index contributed by atoms with van der Waals surface area (Å²) in [6, 6.07) is 4.24. The Labute approximate surface area is 274 Å². The number of hydrogen-bond acceptors (Lipinski definition) is 8. The van der Waals surface area contributed by atoms with Gasteiger partial charge in [0.25, 0.3) is 0 Å². The Bertz CT molecular complexity index is 1520. The van der Waals surface area contributed by atoms with Gasteiger partial charge < -0.3 is 14.8 Å². The van der Waals surface area contributed by atoms with Crippen molar-refractivity contribution in [3.8, 4) is 0 Å². The fraction of sp³-hybridized carbons (Fsp3) is 0.595. The molecule has 5 aliphatic carbocycles. The Morgan fingerprint density at radius 3 is 2.82 bits per heavy atom. The van der Waals surface area contributed by atoms with Gasteiger partial charge in [0.05, 0.1) is 16.9 Å². The van der Waals surface area contributed by atoms with Crippen LogP contribution in [0.15, 0.2) is 64.3 Å². The van der Waals surface area contributed by atoms with Crippen LogP contribution in [0.4, 0.5) is 5.82 Å². The van der Waals surface area contributed by atoms with Crippen LogP contribution in [-0.4, -0.2) is 28.6 Å². The molecule has 1 N–H and O–H groups in total. The molecule has 2 saturated carbocycles. The Balaban J connectivity index is 1.28. The molecule has 1 saturated heterocycles. The molecule has 0 aromatic carbocycles. The molecule has 1 spiro atoms. The highest BCUT2D eigenvalue weighted by Crippen LogP contribution is 2.70. The van der Waals surface area contributed by atoms with Gasteiger partial charge >= 0.3 is 11.9 Å². The number of allylic oxidation sites excluding steroid dienone is 5. The second-order valence-electron chi connectivity index (χ2n) is 14.1. The summed E-state index contributed by atoms with van der Waals surface area (Å²) in [5, 5.41) is 3.53. The smallest absolute Gasteiger partial charge is 0.340 e. The molecule has 0 radical (unpaired) electrons. The highest BCUT2D eigenvalue weighted by atomic mass is 33.1. The van der Waals surface area contributed by atoms with Crippen molar-refractivity contribution in [3.63, 3.8) is 0 Å². The molecule has 8 heteroatoms. The number of pyridine rings is 1. The normalized spacial score (nSPS) is 34.2. The number of carbonyl (C=O) groups excluding carboxylic acids is 2. The molecule has 238 valence electrons. The summed E-state index contributed by atoms with van der Waals surface area (Å²) in [4.78, 5) is 32.6. The van der Waals surface area contributed by atoms with E-state index in [0.29, 0.717) is 17.8 Å². The van der Waals surface area contributed by atoms with Crippen molar-refractivity contribution < 1.29 is 19.1 Å². The second-order valence-corrected chi connectivity index (χ2v) is 16.6. The lowest BCUT2D eigenvalue weighted by Crippen LogP contribution is -2.52. The predicted molar refractivity (Wildman–Crippen MR) is 180 cm³/mol. The first-order valence-corrected chi connectivity index (χ1v) is 19.8. The molecule has 7 bridgehead atoms. The molecule has 4 heterocycles. The zero-order chi connectivity index (χ0) is 30.5. The fourth-order valence-electron chi connectivity index (χ4n) is 10.0. The van der Waals surface area contributed by atoms with Crippen molar-refractivity contribution in [1.29, 1.82) is 0 Å². The van der Waals surface area contributed by atoms with E-state index in [-0.39, 0.29) is 23.8 Å². The van der Waals surface area contributed by atoms with Crippen LogP contribution >= 0.6 is 21.6 Å². The van der Waals surface area contributed by atoms with E-state index in [1.807, 2.05) is 27.8 Å². The van der Waals surface area contributed by atoms with Crippen molar-refractivity contribution in [2.75, 3.05) is 16.9 Å². The summed E-state index contributed by atoms with van der Waals surface area (Å²) in [6.45, 7) is 2.15. The number of carbonyl (C=O) groups is 2. The number of esters is 2. The lowest BCUT2D eigenvalue weighted by atomic mass is 9.44. The molecule has 0 amide bonds. The predicted octanol–water partition coefficient (Wildman–Crippen LogP) is 8.69. The molecule has 8 aliphatic rings. The molecule has 45 heavy (non-hydrogen) atoms. The van der Waals surface area contributed by atoms with Gasteiger partial charge in [0.2, 0.25) is 0 Å². The molecule has 3 aliphatic heterocycles. The number of aromatic nitrogens is 1. The van der Waals surface area contributed by atoms with E-state index in [1.165, 1.54) is 43.2 Å².